The molecule has 2 heteroatoms. The molecule has 1 fully saturated rings. The predicted molar refractivity (Wildman–Crippen MR) is 71.1 cm³/mol. The number of carboxylic acids is 1. The lowest BCUT2D eigenvalue weighted by Gasteiger charge is -2.28. The van der Waals surface area contributed by atoms with Crippen molar-refractivity contribution in [1.82, 2.24) is 0 Å². The Morgan fingerprint density at radius 1 is 1.00 bits per heavy atom. The minimum absolute atomic E-state index is 0.367. The topological polar surface area (TPSA) is 37.3 Å². The predicted octanol–water partition coefficient (Wildman–Crippen LogP) is 4.63. The molecule has 1 N–H and O–H groups in total. The number of hydrogen-bond donors (Lipinski definition) is 1. The van der Waals surface area contributed by atoms with Crippen LogP contribution in [-0.2, 0) is 4.79 Å². The highest BCUT2D eigenvalue weighted by atomic mass is 16.4. The molecule has 2 nitrogen and oxygen atoms in total. The van der Waals surface area contributed by atoms with Gasteiger partial charge in [-0.05, 0) is 18.3 Å². The van der Waals surface area contributed by atoms with Crippen molar-refractivity contribution < 1.29 is 9.90 Å². The molecule has 0 aromatic heterocycles. The molecule has 0 unspecified atom stereocenters. The van der Waals surface area contributed by atoms with Crippen LogP contribution in [0.4, 0.5) is 0 Å². The molecule has 0 amide bonds. The summed E-state index contributed by atoms with van der Waals surface area (Å²) in [5, 5.41) is 8.66. The maximum Gasteiger partial charge on any atom is 0.303 e. The lowest BCUT2D eigenvalue weighted by atomic mass is 9.78. The zero-order valence-electron chi connectivity index (χ0n) is 11.3. The average Bonchev–Trinajstić information content (AvgIpc) is 2.33. The van der Waals surface area contributed by atoms with Gasteiger partial charge in [0.25, 0.3) is 0 Å². The molecule has 0 spiro atoms. The Morgan fingerprint density at radius 3 is 2.12 bits per heavy atom. The van der Waals surface area contributed by atoms with E-state index in [1.165, 1.54) is 57.8 Å². The summed E-state index contributed by atoms with van der Waals surface area (Å²) in [5.74, 6) is 0.998. The summed E-state index contributed by atoms with van der Waals surface area (Å²) in [7, 11) is 0. The van der Waals surface area contributed by atoms with Gasteiger partial charge in [-0.25, -0.2) is 0 Å². The normalized spacial score (nSPS) is 24.8. The minimum atomic E-state index is -0.633. The van der Waals surface area contributed by atoms with Crippen LogP contribution in [0.1, 0.15) is 77.6 Å². The van der Waals surface area contributed by atoms with E-state index >= 15 is 0 Å². The minimum Gasteiger partial charge on any atom is -0.481 e. The van der Waals surface area contributed by atoms with Gasteiger partial charge in [0.15, 0.2) is 0 Å². The van der Waals surface area contributed by atoms with Gasteiger partial charge in [-0.3, -0.25) is 4.79 Å². The first-order chi connectivity index (χ1) is 8.22. The fraction of sp³-hybridized carbons (Fsp3) is 0.933. The first-order valence-electron chi connectivity index (χ1n) is 7.44. The number of carbonyl (C=O) groups is 1. The van der Waals surface area contributed by atoms with Crippen molar-refractivity contribution in [3.05, 3.63) is 0 Å². The first-order valence-corrected chi connectivity index (χ1v) is 7.44. The lowest BCUT2D eigenvalue weighted by Crippen LogP contribution is -2.15. The molecule has 0 radical (unpaired) electrons. The molecule has 1 aliphatic rings. The van der Waals surface area contributed by atoms with Gasteiger partial charge in [0.2, 0.25) is 0 Å². The molecule has 1 aliphatic carbocycles. The van der Waals surface area contributed by atoms with E-state index in [0.29, 0.717) is 12.3 Å². The standard InChI is InChI=1S/C15H28O2/c1-2-3-4-5-6-13-7-9-14(10-8-13)11-12-15(16)17/h13-14H,2-12H2,1H3,(H,16,17). The Morgan fingerprint density at radius 2 is 1.59 bits per heavy atom. The monoisotopic (exact) mass is 240 g/mol. The molecule has 17 heavy (non-hydrogen) atoms. The second-order valence-corrected chi connectivity index (χ2v) is 5.67. The van der Waals surface area contributed by atoms with Crippen LogP contribution in [0.15, 0.2) is 0 Å². The molecule has 0 heterocycles. The zero-order chi connectivity index (χ0) is 12.5. The smallest absolute Gasteiger partial charge is 0.303 e. The van der Waals surface area contributed by atoms with Crippen LogP contribution < -0.4 is 0 Å². The van der Waals surface area contributed by atoms with E-state index in [-0.39, 0.29) is 0 Å². The first kappa shape index (κ1) is 14.5. The Bertz CT molecular complexity index is 205. The number of hydrogen-bond acceptors (Lipinski definition) is 1. The molecule has 0 bridgehead atoms. The summed E-state index contributed by atoms with van der Waals surface area (Å²) in [6.07, 6.45) is 13.4. The maximum atomic E-state index is 10.5. The van der Waals surface area contributed by atoms with Crippen molar-refractivity contribution in [2.45, 2.75) is 77.6 Å². The number of unbranched alkanes of at least 4 members (excludes halogenated alkanes) is 3. The fourth-order valence-electron chi connectivity index (χ4n) is 3.00. The summed E-state index contributed by atoms with van der Waals surface area (Å²) >= 11 is 0. The van der Waals surface area contributed by atoms with E-state index < -0.39 is 5.97 Å². The molecule has 0 aromatic rings. The summed E-state index contributed by atoms with van der Waals surface area (Å²) < 4.78 is 0. The van der Waals surface area contributed by atoms with Crippen LogP contribution in [-0.4, -0.2) is 11.1 Å². The molecule has 0 saturated heterocycles. The SMILES string of the molecule is CCCCCCC1CCC(CCC(=O)O)CC1. The van der Waals surface area contributed by atoms with E-state index in [0.717, 1.165) is 12.3 Å². The van der Waals surface area contributed by atoms with E-state index in [1.54, 1.807) is 0 Å². The molecule has 0 atom stereocenters. The van der Waals surface area contributed by atoms with Crippen molar-refractivity contribution in [1.29, 1.82) is 0 Å². The van der Waals surface area contributed by atoms with Crippen molar-refractivity contribution in [3.63, 3.8) is 0 Å². The molecule has 1 rings (SSSR count). The molecule has 0 aromatic carbocycles. The van der Waals surface area contributed by atoms with Crippen molar-refractivity contribution in [2.75, 3.05) is 0 Å². The largest absolute Gasteiger partial charge is 0.481 e. The van der Waals surface area contributed by atoms with E-state index in [1.807, 2.05) is 0 Å². The molecular formula is C15H28O2. The number of carboxylic acid groups (broad SMARTS) is 1. The van der Waals surface area contributed by atoms with Crippen LogP contribution >= 0.6 is 0 Å². The van der Waals surface area contributed by atoms with Gasteiger partial charge in [-0.1, -0.05) is 64.7 Å². The summed E-state index contributed by atoms with van der Waals surface area (Å²) in [4.78, 5) is 10.5. The number of rotatable bonds is 8. The second kappa shape index (κ2) is 8.54. The van der Waals surface area contributed by atoms with Crippen LogP contribution in [0.2, 0.25) is 0 Å². The quantitative estimate of drug-likeness (QED) is 0.628. The third kappa shape index (κ3) is 6.70. The van der Waals surface area contributed by atoms with Gasteiger partial charge in [-0.15, -0.1) is 0 Å². The van der Waals surface area contributed by atoms with E-state index in [4.69, 9.17) is 5.11 Å². The van der Waals surface area contributed by atoms with Gasteiger partial charge < -0.3 is 5.11 Å². The van der Waals surface area contributed by atoms with Gasteiger partial charge in [0.1, 0.15) is 0 Å². The molecule has 100 valence electrons. The Kier molecular flexibility index (Phi) is 7.30. The van der Waals surface area contributed by atoms with Crippen LogP contribution in [0.25, 0.3) is 0 Å². The molecule has 1 saturated carbocycles. The highest BCUT2D eigenvalue weighted by Gasteiger charge is 2.21. The molecular weight excluding hydrogens is 212 g/mol. The van der Waals surface area contributed by atoms with Crippen LogP contribution in [0.3, 0.4) is 0 Å². The van der Waals surface area contributed by atoms with Gasteiger partial charge in [-0.2, -0.15) is 0 Å². The second-order valence-electron chi connectivity index (χ2n) is 5.67. The van der Waals surface area contributed by atoms with E-state index in [2.05, 4.69) is 6.92 Å². The van der Waals surface area contributed by atoms with Crippen molar-refractivity contribution in [2.24, 2.45) is 11.8 Å². The fourth-order valence-corrected chi connectivity index (χ4v) is 3.00. The lowest BCUT2D eigenvalue weighted by molar-refractivity contribution is -0.137. The Balaban J connectivity index is 2.03. The van der Waals surface area contributed by atoms with Crippen LogP contribution in [0, 0.1) is 11.8 Å². The molecule has 0 aliphatic heterocycles. The van der Waals surface area contributed by atoms with Gasteiger partial charge in [0.05, 0.1) is 0 Å². The summed E-state index contributed by atoms with van der Waals surface area (Å²) in [5.41, 5.74) is 0. The van der Waals surface area contributed by atoms with E-state index in [9.17, 15) is 4.79 Å². The third-order valence-electron chi connectivity index (χ3n) is 4.20. The average molecular weight is 240 g/mol. The third-order valence-corrected chi connectivity index (χ3v) is 4.20. The highest BCUT2D eigenvalue weighted by Crippen LogP contribution is 2.34. The van der Waals surface area contributed by atoms with Crippen LogP contribution in [0.5, 0.6) is 0 Å². The number of aliphatic carboxylic acids is 1. The van der Waals surface area contributed by atoms with Crippen molar-refractivity contribution >= 4 is 5.97 Å². The zero-order valence-corrected chi connectivity index (χ0v) is 11.3. The Labute approximate surface area is 106 Å². The maximum absolute atomic E-state index is 10.5. The van der Waals surface area contributed by atoms with Gasteiger partial charge >= 0.3 is 5.97 Å². The Hall–Kier alpha value is -0.530. The van der Waals surface area contributed by atoms with Crippen molar-refractivity contribution in [3.8, 4) is 0 Å². The summed E-state index contributed by atoms with van der Waals surface area (Å²) in [6, 6.07) is 0. The highest BCUT2D eigenvalue weighted by molar-refractivity contribution is 5.66. The van der Waals surface area contributed by atoms with Gasteiger partial charge in [0, 0.05) is 6.42 Å². The summed E-state index contributed by atoms with van der Waals surface area (Å²) in [6.45, 7) is 2.26.